The van der Waals surface area contributed by atoms with Crippen molar-refractivity contribution in [1.82, 2.24) is 10.2 Å². The Kier molecular flexibility index (Phi) is 5.56. The second kappa shape index (κ2) is 7.86. The lowest BCUT2D eigenvalue weighted by Crippen LogP contribution is -2.63. The third-order valence-electron chi connectivity index (χ3n) is 5.13. The first-order chi connectivity index (χ1) is 12.6. The summed E-state index contributed by atoms with van der Waals surface area (Å²) in [5.41, 5.74) is -0.556. The number of nitrogens with zero attached hydrogens (tertiary/aromatic N) is 1. The molecule has 140 valence electrons. The van der Waals surface area contributed by atoms with E-state index in [9.17, 15) is 14.4 Å². The molecule has 0 unspecified atom stereocenters. The first-order valence-electron chi connectivity index (χ1n) is 8.91. The summed E-state index contributed by atoms with van der Waals surface area (Å²) in [6, 6.07) is 8.22. The van der Waals surface area contributed by atoms with E-state index in [4.69, 9.17) is 9.47 Å². The topological polar surface area (TPSA) is 84.9 Å². The van der Waals surface area contributed by atoms with Crippen LogP contribution in [-0.2, 0) is 19.1 Å². The molecule has 1 N–H and O–H groups in total. The van der Waals surface area contributed by atoms with E-state index < -0.39 is 17.6 Å². The number of rotatable bonds is 4. The van der Waals surface area contributed by atoms with Gasteiger partial charge in [0.2, 0.25) is 5.91 Å². The molecule has 2 aliphatic heterocycles. The smallest absolute Gasteiger partial charge is 0.328 e. The standard InChI is InChI=1S/C19H24N2O5/c1-25-17(23)15-8-5-11-21(15)18(24)19(9-12-26-13-10-19)20-16(22)14-6-3-2-4-7-14/h2-4,6-7,15H,5,8-13H2,1H3,(H,20,22)/t15-/m0/s1. The minimum atomic E-state index is -1.05. The lowest BCUT2D eigenvalue weighted by Gasteiger charge is -2.40. The zero-order chi connectivity index (χ0) is 18.6. The molecule has 0 aliphatic carbocycles. The fourth-order valence-electron chi connectivity index (χ4n) is 3.66. The van der Waals surface area contributed by atoms with Gasteiger partial charge in [0.15, 0.2) is 0 Å². The van der Waals surface area contributed by atoms with Crippen LogP contribution in [0.4, 0.5) is 0 Å². The molecule has 0 spiro atoms. The van der Waals surface area contributed by atoms with Crippen molar-refractivity contribution in [3.63, 3.8) is 0 Å². The number of hydrogen-bond donors (Lipinski definition) is 1. The molecule has 0 radical (unpaired) electrons. The molecule has 2 aliphatic rings. The number of carbonyl (C=O) groups is 3. The van der Waals surface area contributed by atoms with Gasteiger partial charge in [-0.05, 0) is 25.0 Å². The summed E-state index contributed by atoms with van der Waals surface area (Å²) in [5.74, 6) is -0.930. The lowest BCUT2D eigenvalue weighted by molar-refractivity contribution is -0.154. The van der Waals surface area contributed by atoms with Crippen LogP contribution < -0.4 is 5.32 Å². The molecule has 0 bridgehead atoms. The number of esters is 1. The molecular formula is C19H24N2O5. The van der Waals surface area contributed by atoms with Crippen LogP contribution >= 0.6 is 0 Å². The molecule has 1 aromatic rings. The van der Waals surface area contributed by atoms with E-state index in [-0.39, 0.29) is 11.8 Å². The summed E-state index contributed by atoms with van der Waals surface area (Å²) < 4.78 is 10.2. The Morgan fingerprint density at radius 3 is 2.54 bits per heavy atom. The van der Waals surface area contributed by atoms with Gasteiger partial charge in [-0.1, -0.05) is 18.2 Å². The number of likely N-dealkylation sites (tertiary alicyclic amines) is 1. The molecule has 0 aromatic heterocycles. The Morgan fingerprint density at radius 1 is 1.19 bits per heavy atom. The van der Waals surface area contributed by atoms with Gasteiger partial charge in [0.05, 0.1) is 7.11 Å². The van der Waals surface area contributed by atoms with Crippen molar-refractivity contribution >= 4 is 17.8 Å². The van der Waals surface area contributed by atoms with Gasteiger partial charge in [0.25, 0.3) is 5.91 Å². The largest absolute Gasteiger partial charge is 0.467 e. The van der Waals surface area contributed by atoms with Crippen LogP contribution in [0.2, 0.25) is 0 Å². The average Bonchev–Trinajstić information content (AvgIpc) is 3.17. The van der Waals surface area contributed by atoms with Gasteiger partial charge < -0.3 is 19.7 Å². The van der Waals surface area contributed by atoms with E-state index in [1.54, 1.807) is 29.2 Å². The molecule has 0 saturated carbocycles. The summed E-state index contributed by atoms with van der Waals surface area (Å²) >= 11 is 0. The Hall–Kier alpha value is -2.41. The highest BCUT2D eigenvalue weighted by Gasteiger charge is 2.48. The maximum absolute atomic E-state index is 13.4. The van der Waals surface area contributed by atoms with Crippen LogP contribution in [0.25, 0.3) is 0 Å². The predicted octanol–water partition coefficient (Wildman–Crippen LogP) is 1.13. The second-order valence-electron chi connectivity index (χ2n) is 6.69. The van der Waals surface area contributed by atoms with Crippen molar-refractivity contribution in [2.24, 2.45) is 0 Å². The normalized spacial score (nSPS) is 21.9. The first kappa shape index (κ1) is 18.4. The summed E-state index contributed by atoms with van der Waals surface area (Å²) in [7, 11) is 1.32. The molecule has 7 nitrogen and oxygen atoms in total. The van der Waals surface area contributed by atoms with Gasteiger partial charge >= 0.3 is 5.97 Å². The highest BCUT2D eigenvalue weighted by Crippen LogP contribution is 2.29. The summed E-state index contributed by atoms with van der Waals surface area (Å²) in [6.07, 6.45) is 2.09. The first-order valence-corrected chi connectivity index (χ1v) is 8.91. The molecule has 3 rings (SSSR count). The highest BCUT2D eigenvalue weighted by atomic mass is 16.5. The maximum atomic E-state index is 13.4. The third kappa shape index (κ3) is 3.58. The van der Waals surface area contributed by atoms with Gasteiger partial charge in [-0.3, -0.25) is 9.59 Å². The monoisotopic (exact) mass is 360 g/mol. The Morgan fingerprint density at radius 2 is 1.88 bits per heavy atom. The van der Waals surface area contributed by atoms with Gasteiger partial charge in [-0.25, -0.2) is 4.79 Å². The third-order valence-corrected chi connectivity index (χ3v) is 5.13. The number of hydrogen-bond acceptors (Lipinski definition) is 5. The summed E-state index contributed by atoms with van der Waals surface area (Å²) in [4.78, 5) is 39.7. The molecule has 2 amide bonds. The number of methoxy groups -OCH3 is 1. The number of amides is 2. The quantitative estimate of drug-likeness (QED) is 0.814. The number of ether oxygens (including phenoxy) is 2. The van der Waals surface area contributed by atoms with E-state index in [2.05, 4.69) is 5.32 Å². The molecular weight excluding hydrogens is 336 g/mol. The Balaban J connectivity index is 1.84. The van der Waals surface area contributed by atoms with Gasteiger partial charge in [0.1, 0.15) is 11.6 Å². The predicted molar refractivity (Wildman–Crippen MR) is 93.4 cm³/mol. The Labute approximate surface area is 152 Å². The molecule has 26 heavy (non-hydrogen) atoms. The van der Waals surface area contributed by atoms with Crippen LogP contribution in [0.1, 0.15) is 36.0 Å². The molecule has 1 aromatic carbocycles. The fraction of sp³-hybridized carbons (Fsp3) is 0.526. The maximum Gasteiger partial charge on any atom is 0.328 e. The minimum absolute atomic E-state index is 0.224. The summed E-state index contributed by atoms with van der Waals surface area (Å²) in [6.45, 7) is 1.26. The van der Waals surface area contributed by atoms with Crippen molar-refractivity contribution in [2.45, 2.75) is 37.3 Å². The SMILES string of the molecule is COC(=O)[C@@H]1CCCN1C(=O)C1(NC(=O)c2ccccc2)CCOCC1. The number of benzene rings is 1. The molecule has 1 atom stereocenters. The van der Waals surface area contributed by atoms with Crippen LogP contribution in [0.15, 0.2) is 30.3 Å². The molecule has 7 heteroatoms. The average molecular weight is 360 g/mol. The van der Waals surface area contributed by atoms with Crippen molar-refractivity contribution in [3.8, 4) is 0 Å². The molecule has 2 saturated heterocycles. The van der Waals surface area contributed by atoms with Crippen molar-refractivity contribution in [3.05, 3.63) is 35.9 Å². The van der Waals surface area contributed by atoms with E-state index in [1.165, 1.54) is 7.11 Å². The summed E-state index contributed by atoms with van der Waals surface area (Å²) in [5, 5.41) is 2.94. The highest BCUT2D eigenvalue weighted by molar-refractivity contribution is 6.00. The van der Waals surface area contributed by atoms with Crippen molar-refractivity contribution < 1.29 is 23.9 Å². The zero-order valence-corrected chi connectivity index (χ0v) is 14.9. The van der Waals surface area contributed by atoms with E-state index >= 15 is 0 Å². The molecule has 2 fully saturated rings. The molecule has 2 heterocycles. The van der Waals surface area contributed by atoms with E-state index in [0.717, 1.165) is 6.42 Å². The van der Waals surface area contributed by atoms with Crippen LogP contribution in [0, 0.1) is 0 Å². The van der Waals surface area contributed by atoms with Crippen LogP contribution in [0.5, 0.6) is 0 Å². The zero-order valence-electron chi connectivity index (χ0n) is 14.9. The van der Waals surface area contributed by atoms with Crippen LogP contribution in [0.3, 0.4) is 0 Å². The second-order valence-corrected chi connectivity index (χ2v) is 6.69. The van der Waals surface area contributed by atoms with Gasteiger partial charge in [0, 0.05) is 38.2 Å². The lowest BCUT2D eigenvalue weighted by atomic mass is 9.87. The van der Waals surface area contributed by atoms with Gasteiger partial charge in [-0.2, -0.15) is 0 Å². The fourth-order valence-corrected chi connectivity index (χ4v) is 3.66. The van der Waals surface area contributed by atoms with Crippen molar-refractivity contribution in [2.75, 3.05) is 26.9 Å². The number of nitrogens with one attached hydrogen (secondary N) is 1. The van der Waals surface area contributed by atoms with Crippen molar-refractivity contribution in [1.29, 1.82) is 0 Å². The van der Waals surface area contributed by atoms with Crippen LogP contribution in [-0.4, -0.2) is 61.1 Å². The Bertz CT molecular complexity index is 670. The number of carbonyl (C=O) groups excluding carboxylic acids is 3. The van der Waals surface area contributed by atoms with E-state index in [0.29, 0.717) is 44.6 Å². The van der Waals surface area contributed by atoms with E-state index in [1.807, 2.05) is 6.07 Å². The van der Waals surface area contributed by atoms with Gasteiger partial charge in [-0.15, -0.1) is 0 Å². The minimum Gasteiger partial charge on any atom is -0.467 e.